The summed E-state index contributed by atoms with van der Waals surface area (Å²) in [5, 5.41) is 12.8. The maximum Gasteiger partial charge on any atom is 0.434 e. The average Bonchev–Trinajstić information content (AvgIpc) is 2.91. The van der Waals surface area contributed by atoms with E-state index in [1.165, 1.54) is 24.5 Å². The molecule has 9 heteroatoms. The highest BCUT2D eigenvalue weighted by Gasteiger charge is 2.41. The lowest BCUT2D eigenvalue weighted by Gasteiger charge is -2.12. The van der Waals surface area contributed by atoms with Crippen molar-refractivity contribution in [3.63, 3.8) is 0 Å². The summed E-state index contributed by atoms with van der Waals surface area (Å²) in [7, 11) is 0. The van der Waals surface area contributed by atoms with Crippen LogP contribution in [0.1, 0.15) is 16.1 Å². The molecule has 0 bridgehead atoms. The van der Waals surface area contributed by atoms with Crippen LogP contribution in [0.3, 0.4) is 0 Å². The van der Waals surface area contributed by atoms with Crippen LogP contribution >= 0.6 is 0 Å². The van der Waals surface area contributed by atoms with Crippen LogP contribution in [0.15, 0.2) is 36.8 Å². The molecule has 22 heavy (non-hydrogen) atoms. The van der Waals surface area contributed by atoms with Crippen LogP contribution in [-0.4, -0.2) is 30.8 Å². The Morgan fingerprint density at radius 3 is 2.64 bits per heavy atom. The van der Waals surface area contributed by atoms with E-state index in [1.807, 2.05) is 0 Å². The van der Waals surface area contributed by atoms with Gasteiger partial charge < -0.3 is 5.11 Å². The second-order valence-electron chi connectivity index (χ2n) is 4.33. The van der Waals surface area contributed by atoms with E-state index < -0.39 is 23.4 Å². The number of carbonyl (C=O) groups is 1. The maximum atomic E-state index is 13.2. The first-order valence-electron chi connectivity index (χ1n) is 5.98. The van der Waals surface area contributed by atoms with Crippen LogP contribution in [0.4, 0.5) is 13.2 Å². The molecule has 0 spiro atoms. The number of carboxylic acid groups (broad SMARTS) is 1. The van der Waals surface area contributed by atoms with E-state index in [0.717, 1.165) is 0 Å². The lowest BCUT2D eigenvalue weighted by atomic mass is 10.2. The molecule has 0 fully saturated rings. The number of hydrogen-bond acceptors (Lipinski definition) is 4. The van der Waals surface area contributed by atoms with E-state index in [0.29, 0.717) is 21.8 Å². The van der Waals surface area contributed by atoms with Crippen LogP contribution in [0.25, 0.3) is 16.7 Å². The van der Waals surface area contributed by atoms with Gasteiger partial charge in [0.05, 0.1) is 11.7 Å². The van der Waals surface area contributed by atoms with Gasteiger partial charge in [0.2, 0.25) is 0 Å². The largest absolute Gasteiger partial charge is 0.478 e. The normalized spacial score (nSPS) is 11.8. The van der Waals surface area contributed by atoms with E-state index in [-0.39, 0.29) is 5.82 Å². The molecule has 0 radical (unpaired) electrons. The summed E-state index contributed by atoms with van der Waals surface area (Å²) in [6, 6.07) is 4.61. The molecule has 3 rings (SSSR count). The van der Waals surface area contributed by atoms with Gasteiger partial charge in [-0.1, -0.05) is 0 Å². The van der Waals surface area contributed by atoms with Gasteiger partial charge in [0, 0.05) is 17.8 Å². The van der Waals surface area contributed by atoms with Gasteiger partial charge in [-0.3, -0.25) is 4.98 Å². The minimum atomic E-state index is -4.89. The molecule has 3 heterocycles. The van der Waals surface area contributed by atoms with E-state index in [2.05, 4.69) is 15.1 Å². The third kappa shape index (κ3) is 2.16. The number of rotatable bonds is 2. The second kappa shape index (κ2) is 4.79. The predicted molar refractivity (Wildman–Crippen MR) is 68.6 cm³/mol. The molecule has 3 aromatic heterocycles. The fraction of sp³-hybridized carbons (Fsp3) is 0.0769. The standard InChI is InChI=1S/C13H7F3N4O2/c14-13(15,16)10-8(12(21)22)6-19-20(10)11-7-2-1-4-17-9(7)3-5-18-11/h1-6H,(H,21,22). The first-order chi connectivity index (χ1) is 10.4. The molecule has 0 amide bonds. The van der Waals surface area contributed by atoms with Crippen molar-refractivity contribution in [1.82, 2.24) is 19.7 Å². The summed E-state index contributed by atoms with van der Waals surface area (Å²) >= 11 is 0. The highest BCUT2D eigenvalue weighted by Crippen LogP contribution is 2.34. The minimum Gasteiger partial charge on any atom is -0.478 e. The summed E-state index contributed by atoms with van der Waals surface area (Å²) < 4.78 is 40.1. The Hall–Kier alpha value is -2.97. The smallest absolute Gasteiger partial charge is 0.434 e. The Labute approximate surface area is 120 Å². The monoisotopic (exact) mass is 308 g/mol. The third-order valence-corrected chi connectivity index (χ3v) is 2.98. The molecule has 0 atom stereocenters. The van der Waals surface area contributed by atoms with E-state index in [1.54, 1.807) is 6.07 Å². The van der Waals surface area contributed by atoms with Crippen LogP contribution < -0.4 is 0 Å². The number of aromatic carboxylic acids is 1. The van der Waals surface area contributed by atoms with Crippen LogP contribution in [-0.2, 0) is 6.18 Å². The lowest BCUT2D eigenvalue weighted by Crippen LogP contribution is -2.18. The van der Waals surface area contributed by atoms with Crippen LogP contribution in [0.2, 0.25) is 0 Å². The van der Waals surface area contributed by atoms with Gasteiger partial charge in [0.1, 0.15) is 5.56 Å². The summed E-state index contributed by atoms with van der Waals surface area (Å²) in [5.41, 5.74) is -1.90. The number of halogens is 3. The van der Waals surface area contributed by atoms with Crippen molar-refractivity contribution in [3.8, 4) is 5.82 Å². The number of aromatic nitrogens is 4. The summed E-state index contributed by atoms with van der Waals surface area (Å²) in [4.78, 5) is 18.9. The molecule has 0 aliphatic carbocycles. The van der Waals surface area contributed by atoms with Crippen molar-refractivity contribution >= 4 is 16.9 Å². The predicted octanol–water partition coefficient (Wildman–Crippen LogP) is 2.53. The first kappa shape index (κ1) is 14.0. The number of hydrogen-bond donors (Lipinski definition) is 1. The zero-order valence-electron chi connectivity index (χ0n) is 10.7. The highest BCUT2D eigenvalue weighted by atomic mass is 19.4. The molecule has 0 saturated carbocycles. The molecule has 6 nitrogen and oxygen atoms in total. The lowest BCUT2D eigenvalue weighted by molar-refractivity contribution is -0.143. The summed E-state index contributed by atoms with van der Waals surface area (Å²) in [6.45, 7) is 0. The molecule has 112 valence electrons. The van der Waals surface area contributed by atoms with Crippen molar-refractivity contribution in [1.29, 1.82) is 0 Å². The fourth-order valence-corrected chi connectivity index (χ4v) is 2.09. The van der Waals surface area contributed by atoms with Crippen molar-refractivity contribution < 1.29 is 23.1 Å². The molecule has 0 aliphatic heterocycles. The van der Waals surface area contributed by atoms with Crippen molar-refractivity contribution in [2.75, 3.05) is 0 Å². The quantitative estimate of drug-likeness (QED) is 0.787. The Morgan fingerprint density at radius 2 is 1.95 bits per heavy atom. The molecular formula is C13H7F3N4O2. The second-order valence-corrected chi connectivity index (χ2v) is 4.33. The van der Waals surface area contributed by atoms with Crippen molar-refractivity contribution in [2.45, 2.75) is 6.18 Å². The number of pyridine rings is 2. The van der Waals surface area contributed by atoms with Gasteiger partial charge in [-0.25, -0.2) is 14.5 Å². The number of alkyl halides is 3. The van der Waals surface area contributed by atoms with Crippen LogP contribution in [0, 0.1) is 0 Å². The van der Waals surface area contributed by atoms with Crippen molar-refractivity contribution in [2.24, 2.45) is 0 Å². The Kier molecular flexibility index (Phi) is 3.05. The Bertz CT molecular complexity index is 868. The molecule has 0 saturated heterocycles. The Morgan fingerprint density at radius 1 is 1.18 bits per heavy atom. The molecular weight excluding hydrogens is 301 g/mol. The molecule has 0 unspecified atom stereocenters. The van der Waals surface area contributed by atoms with E-state index in [4.69, 9.17) is 5.11 Å². The van der Waals surface area contributed by atoms with Crippen LogP contribution in [0.5, 0.6) is 0 Å². The Balaban J connectivity index is 2.35. The zero-order valence-corrected chi connectivity index (χ0v) is 10.7. The third-order valence-electron chi connectivity index (χ3n) is 2.98. The fourth-order valence-electron chi connectivity index (χ4n) is 2.09. The molecule has 0 aliphatic rings. The van der Waals surface area contributed by atoms with Gasteiger partial charge in [0.25, 0.3) is 0 Å². The topological polar surface area (TPSA) is 80.9 Å². The van der Waals surface area contributed by atoms with E-state index >= 15 is 0 Å². The SMILES string of the molecule is O=C(O)c1cnn(-c2nccc3ncccc23)c1C(F)(F)F. The van der Waals surface area contributed by atoms with Gasteiger partial charge in [-0.05, 0) is 18.2 Å². The number of carboxylic acids is 1. The number of nitrogens with zero attached hydrogens (tertiary/aromatic N) is 4. The summed E-state index contributed by atoms with van der Waals surface area (Å²) in [6.07, 6.45) is -1.46. The van der Waals surface area contributed by atoms with E-state index in [9.17, 15) is 18.0 Å². The minimum absolute atomic E-state index is 0.134. The molecule has 1 N–H and O–H groups in total. The van der Waals surface area contributed by atoms with Crippen molar-refractivity contribution in [3.05, 3.63) is 48.0 Å². The maximum absolute atomic E-state index is 13.2. The van der Waals surface area contributed by atoms with Gasteiger partial charge in [0.15, 0.2) is 11.5 Å². The summed E-state index contributed by atoms with van der Waals surface area (Å²) in [5.74, 6) is -1.85. The van der Waals surface area contributed by atoms with Gasteiger partial charge >= 0.3 is 12.1 Å². The van der Waals surface area contributed by atoms with Gasteiger partial charge in [-0.2, -0.15) is 18.3 Å². The molecule has 0 aromatic carbocycles. The highest BCUT2D eigenvalue weighted by molar-refractivity contribution is 5.90. The number of fused-ring (bicyclic) bond motifs is 1. The average molecular weight is 308 g/mol. The molecule has 3 aromatic rings. The first-order valence-corrected chi connectivity index (χ1v) is 5.98. The zero-order chi connectivity index (χ0) is 15.9. The van der Waals surface area contributed by atoms with Gasteiger partial charge in [-0.15, -0.1) is 0 Å².